The molecule has 0 saturated carbocycles. The van der Waals surface area contributed by atoms with E-state index in [1.165, 1.54) is 4.88 Å². The lowest BCUT2D eigenvalue weighted by molar-refractivity contribution is 0.689. The lowest BCUT2D eigenvalue weighted by Gasteiger charge is -2.01. The molecule has 2 aromatic heterocycles. The topological polar surface area (TPSA) is 54.5 Å². The Hall–Kier alpha value is -1.67. The number of hydrogen-bond donors (Lipinski definition) is 0. The van der Waals surface area contributed by atoms with Gasteiger partial charge in [0.2, 0.25) is 5.82 Å². The van der Waals surface area contributed by atoms with Gasteiger partial charge in [0.1, 0.15) is 6.07 Å². The van der Waals surface area contributed by atoms with Crippen LogP contribution in [0.2, 0.25) is 0 Å². The molecule has 5 heteroatoms. The van der Waals surface area contributed by atoms with Gasteiger partial charge in [-0.3, -0.25) is 0 Å². The fourth-order valence-electron chi connectivity index (χ4n) is 1.39. The fraction of sp³-hybridized carbons (Fsp3) is 0.300. The molecule has 0 radical (unpaired) electrons. The van der Waals surface area contributed by atoms with E-state index in [1.807, 2.05) is 23.2 Å². The lowest BCUT2D eigenvalue weighted by atomic mass is 10.3. The third-order valence-electron chi connectivity index (χ3n) is 2.24. The molecular weight excluding hydrogens is 208 g/mol. The van der Waals surface area contributed by atoms with Gasteiger partial charge >= 0.3 is 0 Å². The number of nitrogens with zero attached hydrogens (tertiary/aromatic N) is 4. The summed E-state index contributed by atoms with van der Waals surface area (Å²) in [5.74, 6) is 0.470. The second-order valence-electron chi connectivity index (χ2n) is 3.17. The van der Waals surface area contributed by atoms with Gasteiger partial charge < -0.3 is 4.57 Å². The number of imidazole rings is 1. The molecule has 0 unspecified atom stereocenters. The highest BCUT2D eigenvalue weighted by Crippen LogP contribution is 2.13. The molecule has 0 aliphatic heterocycles. The molecule has 0 aliphatic rings. The van der Waals surface area contributed by atoms with E-state index < -0.39 is 0 Å². The van der Waals surface area contributed by atoms with E-state index in [0.717, 1.165) is 18.7 Å². The maximum Gasteiger partial charge on any atom is 0.212 e. The van der Waals surface area contributed by atoms with Crippen LogP contribution in [0.15, 0.2) is 17.9 Å². The predicted octanol–water partition coefficient (Wildman–Crippen LogP) is 1.76. The van der Waals surface area contributed by atoms with Crippen LogP contribution in [0.1, 0.15) is 16.4 Å². The average Bonchev–Trinajstić information content (AvgIpc) is 2.83. The molecule has 0 saturated heterocycles. The number of aryl methyl sites for hydroxylation is 3. The van der Waals surface area contributed by atoms with Crippen molar-refractivity contribution in [2.24, 2.45) is 0 Å². The number of aromatic nitrogens is 3. The summed E-state index contributed by atoms with van der Waals surface area (Å²) in [6.07, 6.45) is 4.38. The zero-order valence-corrected chi connectivity index (χ0v) is 9.16. The van der Waals surface area contributed by atoms with E-state index in [1.54, 1.807) is 17.5 Å². The van der Waals surface area contributed by atoms with E-state index in [9.17, 15) is 0 Å². The summed E-state index contributed by atoms with van der Waals surface area (Å²) in [7, 11) is 0. The minimum atomic E-state index is 0.470. The largest absolute Gasteiger partial charge is 0.322 e. The van der Waals surface area contributed by atoms with Gasteiger partial charge in [0.15, 0.2) is 0 Å². The molecule has 2 heterocycles. The van der Waals surface area contributed by atoms with Crippen molar-refractivity contribution in [3.05, 3.63) is 34.3 Å². The van der Waals surface area contributed by atoms with Crippen molar-refractivity contribution in [2.45, 2.75) is 19.9 Å². The molecule has 15 heavy (non-hydrogen) atoms. The van der Waals surface area contributed by atoms with E-state index in [2.05, 4.69) is 16.0 Å². The van der Waals surface area contributed by atoms with Crippen molar-refractivity contribution in [3.63, 3.8) is 0 Å². The van der Waals surface area contributed by atoms with Gasteiger partial charge in [0.25, 0.3) is 0 Å². The van der Waals surface area contributed by atoms with Crippen molar-refractivity contribution in [2.75, 3.05) is 0 Å². The smallest absolute Gasteiger partial charge is 0.212 e. The first kappa shape index (κ1) is 9.87. The van der Waals surface area contributed by atoms with Crippen molar-refractivity contribution >= 4 is 11.3 Å². The third-order valence-corrected chi connectivity index (χ3v) is 3.23. The van der Waals surface area contributed by atoms with Gasteiger partial charge in [-0.05, 0) is 6.92 Å². The first-order chi connectivity index (χ1) is 7.31. The molecule has 0 atom stereocenters. The van der Waals surface area contributed by atoms with Crippen molar-refractivity contribution in [1.82, 2.24) is 14.5 Å². The molecule has 0 amide bonds. The van der Waals surface area contributed by atoms with Crippen LogP contribution >= 0.6 is 11.3 Å². The Morgan fingerprint density at radius 1 is 1.53 bits per heavy atom. The van der Waals surface area contributed by atoms with Crippen LogP contribution in [0.4, 0.5) is 0 Å². The van der Waals surface area contributed by atoms with Gasteiger partial charge in [0, 0.05) is 30.2 Å². The van der Waals surface area contributed by atoms with Crippen LogP contribution in [-0.2, 0) is 13.0 Å². The number of nitriles is 1. The molecule has 0 bridgehead atoms. The SMILES string of the molecule is Cc1ncsc1CCn1ccnc1C#N. The van der Waals surface area contributed by atoms with Crippen LogP contribution in [0.25, 0.3) is 0 Å². The van der Waals surface area contributed by atoms with Gasteiger partial charge in [-0.2, -0.15) is 5.26 Å². The van der Waals surface area contributed by atoms with Crippen LogP contribution in [0.3, 0.4) is 0 Å². The van der Waals surface area contributed by atoms with E-state index in [0.29, 0.717) is 5.82 Å². The summed E-state index contributed by atoms with van der Waals surface area (Å²) in [4.78, 5) is 9.41. The summed E-state index contributed by atoms with van der Waals surface area (Å²) in [5.41, 5.74) is 2.93. The van der Waals surface area contributed by atoms with Crippen LogP contribution < -0.4 is 0 Å². The number of thiazole rings is 1. The summed E-state index contributed by atoms with van der Waals surface area (Å²) >= 11 is 1.66. The molecule has 0 fully saturated rings. The van der Waals surface area contributed by atoms with E-state index in [-0.39, 0.29) is 0 Å². The van der Waals surface area contributed by atoms with Crippen molar-refractivity contribution < 1.29 is 0 Å². The van der Waals surface area contributed by atoms with Gasteiger partial charge in [-0.1, -0.05) is 0 Å². The Kier molecular flexibility index (Phi) is 2.79. The van der Waals surface area contributed by atoms with Crippen molar-refractivity contribution in [1.29, 1.82) is 5.26 Å². The highest BCUT2D eigenvalue weighted by atomic mass is 32.1. The van der Waals surface area contributed by atoms with E-state index >= 15 is 0 Å². The normalized spacial score (nSPS) is 10.1. The molecule has 0 N–H and O–H groups in total. The van der Waals surface area contributed by atoms with Crippen LogP contribution in [0.5, 0.6) is 0 Å². The Morgan fingerprint density at radius 3 is 3.07 bits per heavy atom. The minimum Gasteiger partial charge on any atom is -0.322 e. The standard InChI is InChI=1S/C10H10N4S/c1-8-9(15-7-13-8)2-4-14-5-3-12-10(14)6-11/h3,5,7H,2,4H2,1H3. The predicted molar refractivity (Wildman–Crippen MR) is 57.5 cm³/mol. The Labute approximate surface area is 91.8 Å². The lowest BCUT2D eigenvalue weighted by Crippen LogP contribution is -2.02. The molecular formula is C10H10N4S. The maximum absolute atomic E-state index is 8.78. The highest BCUT2D eigenvalue weighted by Gasteiger charge is 2.04. The summed E-state index contributed by atoms with van der Waals surface area (Å²) in [5, 5.41) is 8.78. The van der Waals surface area contributed by atoms with Crippen LogP contribution in [0, 0.1) is 18.3 Å². The molecule has 2 rings (SSSR count). The molecule has 2 aromatic rings. The van der Waals surface area contributed by atoms with E-state index in [4.69, 9.17) is 5.26 Å². The molecule has 0 aliphatic carbocycles. The minimum absolute atomic E-state index is 0.470. The first-order valence-corrected chi connectivity index (χ1v) is 5.49. The maximum atomic E-state index is 8.78. The first-order valence-electron chi connectivity index (χ1n) is 4.61. The monoisotopic (exact) mass is 218 g/mol. The second kappa shape index (κ2) is 4.24. The average molecular weight is 218 g/mol. The zero-order chi connectivity index (χ0) is 10.7. The number of rotatable bonds is 3. The molecule has 76 valence electrons. The second-order valence-corrected chi connectivity index (χ2v) is 4.11. The molecule has 4 nitrogen and oxygen atoms in total. The summed E-state index contributed by atoms with van der Waals surface area (Å²) < 4.78 is 1.86. The molecule has 0 aromatic carbocycles. The van der Waals surface area contributed by atoms with Gasteiger partial charge in [-0.15, -0.1) is 11.3 Å². The quantitative estimate of drug-likeness (QED) is 0.788. The number of hydrogen-bond acceptors (Lipinski definition) is 4. The Balaban J connectivity index is 2.06. The zero-order valence-electron chi connectivity index (χ0n) is 8.34. The summed E-state index contributed by atoms with van der Waals surface area (Å²) in [6.45, 7) is 2.79. The van der Waals surface area contributed by atoms with Crippen LogP contribution in [-0.4, -0.2) is 14.5 Å². The highest BCUT2D eigenvalue weighted by molar-refractivity contribution is 7.09. The third kappa shape index (κ3) is 2.05. The molecule has 0 spiro atoms. The van der Waals surface area contributed by atoms with Gasteiger partial charge in [0.05, 0.1) is 11.2 Å². The Morgan fingerprint density at radius 2 is 2.40 bits per heavy atom. The van der Waals surface area contributed by atoms with Gasteiger partial charge in [-0.25, -0.2) is 9.97 Å². The fourth-order valence-corrected chi connectivity index (χ4v) is 2.16. The summed E-state index contributed by atoms with van der Waals surface area (Å²) in [6, 6.07) is 2.06. The Bertz CT molecular complexity index is 491. The van der Waals surface area contributed by atoms with Crippen molar-refractivity contribution in [3.8, 4) is 6.07 Å².